The van der Waals surface area contributed by atoms with Crippen molar-refractivity contribution in [1.29, 1.82) is 0 Å². The number of nitrogens with zero attached hydrogens (tertiary/aromatic N) is 1. The molecule has 0 saturated carbocycles. The molecule has 0 spiro atoms. The molecule has 4 rings (SSSR count). The van der Waals surface area contributed by atoms with Gasteiger partial charge in [0.05, 0.1) is 17.9 Å². The van der Waals surface area contributed by atoms with Crippen LogP contribution in [0, 0.1) is 11.3 Å². The number of benzene rings is 1. The van der Waals surface area contributed by atoms with Crippen molar-refractivity contribution in [2.75, 3.05) is 17.7 Å². The van der Waals surface area contributed by atoms with Gasteiger partial charge in [-0.3, -0.25) is 9.59 Å². The van der Waals surface area contributed by atoms with E-state index < -0.39 is 11.2 Å². The van der Waals surface area contributed by atoms with Crippen molar-refractivity contribution in [2.24, 2.45) is 11.3 Å². The number of ether oxygens (including phenoxy) is 1. The number of carbonyl (C=O) groups is 3. The fourth-order valence-electron chi connectivity index (χ4n) is 4.40. The molecular weight excluding hydrogens is 444 g/mol. The number of methoxy groups -OCH3 is 1. The average Bonchev–Trinajstić information content (AvgIpc) is 3.24. The first kappa shape index (κ1) is 22.9. The molecule has 0 radical (unpaired) electrons. The number of amides is 2. The number of rotatable bonds is 4. The molecule has 6 nitrogen and oxygen atoms in total. The van der Waals surface area contributed by atoms with Crippen LogP contribution in [0.3, 0.4) is 0 Å². The van der Waals surface area contributed by atoms with Crippen LogP contribution in [0.25, 0.3) is 0 Å². The second kappa shape index (κ2) is 8.56. The summed E-state index contributed by atoms with van der Waals surface area (Å²) < 4.78 is 5.06. The molecule has 170 valence electrons. The predicted octanol–water partition coefficient (Wildman–Crippen LogP) is 4.69. The van der Waals surface area contributed by atoms with Crippen molar-refractivity contribution in [1.82, 2.24) is 0 Å². The summed E-state index contributed by atoms with van der Waals surface area (Å²) in [7, 11) is 1.34. The van der Waals surface area contributed by atoms with Gasteiger partial charge in [0, 0.05) is 21.9 Å². The summed E-state index contributed by atoms with van der Waals surface area (Å²) >= 11 is 2.75. The summed E-state index contributed by atoms with van der Waals surface area (Å²) in [5.74, 6) is -0.570. The molecule has 32 heavy (non-hydrogen) atoms. The van der Waals surface area contributed by atoms with E-state index in [-0.39, 0.29) is 23.7 Å². The molecule has 0 bridgehead atoms. The number of nitrogens with two attached hydrogens (primary N) is 1. The monoisotopic (exact) mass is 472 g/mol. The Morgan fingerprint density at radius 1 is 1.19 bits per heavy atom. The molecule has 2 aliphatic rings. The van der Waals surface area contributed by atoms with Crippen molar-refractivity contribution in [3.63, 3.8) is 0 Å². The van der Waals surface area contributed by atoms with E-state index in [2.05, 4.69) is 20.8 Å². The molecule has 2 N–H and O–H groups in total. The highest BCUT2D eigenvalue weighted by Gasteiger charge is 2.44. The van der Waals surface area contributed by atoms with E-state index in [1.165, 1.54) is 35.1 Å². The third-order valence-corrected chi connectivity index (χ3v) is 8.76. The van der Waals surface area contributed by atoms with Crippen molar-refractivity contribution < 1.29 is 19.1 Å². The van der Waals surface area contributed by atoms with Crippen LogP contribution in [0.5, 0.6) is 0 Å². The zero-order valence-electron chi connectivity index (χ0n) is 18.8. The maximum atomic E-state index is 13.3. The highest BCUT2D eigenvalue weighted by atomic mass is 32.2. The van der Waals surface area contributed by atoms with Gasteiger partial charge in [-0.05, 0) is 60.4 Å². The Morgan fingerprint density at radius 3 is 2.50 bits per heavy atom. The van der Waals surface area contributed by atoms with Crippen LogP contribution in [0.1, 0.15) is 54.4 Å². The van der Waals surface area contributed by atoms with Crippen LogP contribution < -0.4 is 10.6 Å². The topological polar surface area (TPSA) is 89.7 Å². The van der Waals surface area contributed by atoms with E-state index in [4.69, 9.17) is 10.5 Å². The average molecular weight is 473 g/mol. The Hall–Kier alpha value is -2.32. The van der Waals surface area contributed by atoms with Gasteiger partial charge >= 0.3 is 5.97 Å². The SMILES string of the molecule is COC(=O)c1c(N2C(=O)CC(Sc3ccc(N)cc3)C2=O)sc2c1CCC(C(C)(C)C)C2. The molecule has 2 aromatic rings. The second-order valence-electron chi connectivity index (χ2n) is 9.43. The van der Waals surface area contributed by atoms with Gasteiger partial charge in [-0.1, -0.05) is 20.8 Å². The summed E-state index contributed by atoms with van der Waals surface area (Å²) in [6.45, 7) is 6.68. The minimum atomic E-state index is -0.530. The summed E-state index contributed by atoms with van der Waals surface area (Å²) in [6.07, 6.45) is 2.65. The Kier molecular flexibility index (Phi) is 6.11. The molecule has 2 atom stereocenters. The van der Waals surface area contributed by atoms with Gasteiger partial charge in [-0.2, -0.15) is 0 Å². The van der Waals surface area contributed by atoms with E-state index in [1.54, 1.807) is 12.1 Å². The highest BCUT2D eigenvalue weighted by molar-refractivity contribution is 8.00. The van der Waals surface area contributed by atoms with Gasteiger partial charge in [0.15, 0.2) is 0 Å². The molecule has 2 amide bonds. The number of thioether (sulfide) groups is 1. The number of nitrogen functional groups attached to an aromatic ring is 1. The van der Waals surface area contributed by atoms with Gasteiger partial charge in [0.25, 0.3) is 0 Å². The Morgan fingerprint density at radius 2 is 1.88 bits per heavy atom. The normalized spacial score (nSPS) is 21.1. The molecule has 1 aliphatic carbocycles. The maximum Gasteiger partial charge on any atom is 0.341 e. The van der Waals surface area contributed by atoms with Crippen LogP contribution in [-0.2, 0) is 27.2 Å². The molecule has 1 aromatic carbocycles. The Labute approximate surface area is 196 Å². The molecule has 1 saturated heterocycles. The van der Waals surface area contributed by atoms with E-state index in [9.17, 15) is 14.4 Å². The molecule has 8 heteroatoms. The van der Waals surface area contributed by atoms with E-state index >= 15 is 0 Å². The number of thiophene rings is 1. The van der Waals surface area contributed by atoms with Gasteiger partial charge < -0.3 is 10.5 Å². The number of anilines is 2. The second-order valence-corrected chi connectivity index (χ2v) is 11.8. The minimum Gasteiger partial charge on any atom is -0.465 e. The molecule has 1 aliphatic heterocycles. The van der Waals surface area contributed by atoms with E-state index in [1.807, 2.05) is 12.1 Å². The number of carbonyl (C=O) groups excluding carboxylic acids is 3. The van der Waals surface area contributed by atoms with E-state index in [0.717, 1.165) is 34.6 Å². The third-order valence-electron chi connectivity index (χ3n) is 6.33. The van der Waals surface area contributed by atoms with Gasteiger partial charge in [0.1, 0.15) is 5.00 Å². The molecule has 2 unspecified atom stereocenters. The lowest BCUT2D eigenvalue weighted by atomic mass is 9.72. The smallest absolute Gasteiger partial charge is 0.341 e. The van der Waals surface area contributed by atoms with Crippen LogP contribution in [-0.4, -0.2) is 30.1 Å². The van der Waals surface area contributed by atoms with Crippen LogP contribution in [0.4, 0.5) is 10.7 Å². The van der Waals surface area contributed by atoms with Crippen molar-refractivity contribution in [2.45, 2.75) is 56.6 Å². The maximum absolute atomic E-state index is 13.3. The van der Waals surface area contributed by atoms with Crippen LogP contribution in [0.15, 0.2) is 29.2 Å². The van der Waals surface area contributed by atoms with Crippen LogP contribution in [0.2, 0.25) is 0 Å². The van der Waals surface area contributed by atoms with Gasteiger partial charge in [-0.25, -0.2) is 9.69 Å². The Bertz CT molecular complexity index is 1070. The summed E-state index contributed by atoms with van der Waals surface area (Å²) in [5, 5.41) is -0.107. The summed E-state index contributed by atoms with van der Waals surface area (Å²) in [5.41, 5.74) is 7.86. The zero-order valence-corrected chi connectivity index (χ0v) is 20.4. The molecular formula is C24H28N2O4S2. The van der Waals surface area contributed by atoms with Crippen molar-refractivity contribution in [3.8, 4) is 0 Å². The van der Waals surface area contributed by atoms with Crippen molar-refractivity contribution >= 4 is 51.6 Å². The molecule has 2 heterocycles. The minimum absolute atomic E-state index is 0.0989. The first-order chi connectivity index (χ1) is 15.1. The van der Waals surface area contributed by atoms with Gasteiger partial charge in [0.2, 0.25) is 11.8 Å². The highest BCUT2D eigenvalue weighted by Crippen LogP contribution is 2.47. The third kappa shape index (κ3) is 4.18. The number of hydrogen-bond acceptors (Lipinski definition) is 7. The van der Waals surface area contributed by atoms with E-state index in [0.29, 0.717) is 22.2 Å². The predicted molar refractivity (Wildman–Crippen MR) is 128 cm³/mol. The van der Waals surface area contributed by atoms with Crippen molar-refractivity contribution in [3.05, 3.63) is 40.3 Å². The zero-order chi connectivity index (χ0) is 23.2. The number of esters is 1. The Balaban J connectivity index is 1.67. The first-order valence-corrected chi connectivity index (χ1v) is 12.4. The standard InChI is InChI=1S/C24H28N2O4S2/c1-24(2,3)13-5-10-16-17(11-13)32-22(20(16)23(29)30-4)26-19(27)12-18(21(26)28)31-15-8-6-14(25)7-9-15/h6-9,13,18H,5,10-12,25H2,1-4H3. The number of fused-ring (bicyclic) bond motifs is 1. The number of hydrogen-bond donors (Lipinski definition) is 1. The molecule has 1 aromatic heterocycles. The lowest BCUT2D eigenvalue weighted by Gasteiger charge is -2.33. The largest absolute Gasteiger partial charge is 0.465 e. The van der Waals surface area contributed by atoms with Crippen LogP contribution >= 0.6 is 23.1 Å². The lowest BCUT2D eigenvalue weighted by molar-refractivity contribution is -0.121. The van der Waals surface area contributed by atoms with Gasteiger partial charge in [-0.15, -0.1) is 23.1 Å². The lowest BCUT2D eigenvalue weighted by Crippen LogP contribution is -2.32. The fraction of sp³-hybridized carbons (Fsp3) is 0.458. The molecule has 1 fully saturated rings. The quantitative estimate of drug-likeness (QED) is 0.394. The number of imide groups is 1. The summed E-state index contributed by atoms with van der Waals surface area (Å²) in [4.78, 5) is 42.2. The fourth-order valence-corrected chi connectivity index (χ4v) is 6.89. The first-order valence-electron chi connectivity index (χ1n) is 10.7. The summed E-state index contributed by atoms with van der Waals surface area (Å²) in [6, 6.07) is 7.24.